The molecule has 1 atom stereocenters. The van der Waals surface area contributed by atoms with Gasteiger partial charge in [0.1, 0.15) is 0 Å². The highest BCUT2D eigenvalue weighted by atomic mass is 35.5. The zero-order valence-corrected chi connectivity index (χ0v) is 13.2. The Morgan fingerprint density at radius 2 is 2.13 bits per heavy atom. The Morgan fingerprint density at radius 1 is 1.39 bits per heavy atom. The molecule has 130 valence electrons. The van der Waals surface area contributed by atoms with Gasteiger partial charge in [-0.2, -0.15) is 13.2 Å². The van der Waals surface area contributed by atoms with Crippen LogP contribution in [0.25, 0.3) is 0 Å². The van der Waals surface area contributed by atoms with Crippen LogP contribution in [0, 0.1) is 5.92 Å². The number of hydrogen-bond acceptors (Lipinski definition) is 4. The van der Waals surface area contributed by atoms with Crippen LogP contribution in [-0.4, -0.2) is 38.9 Å². The van der Waals surface area contributed by atoms with Crippen LogP contribution in [0.5, 0.6) is 11.5 Å². The van der Waals surface area contributed by atoms with Crippen LogP contribution in [0.3, 0.4) is 0 Å². The quantitative estimate of drug-likeness (QED) is 0.853. The summed E-state index contributed by atoms with van der Waals surface area (Å²) in [6, 6.07) is 4.33. The Labute approximate surface area is 137 Å². The number of rotatable bonds is 5. The molecule has 1 fully saturated rings. The first-order valence-electron chi connectivity index (χ1n) is 6.78. The highest BCUT2D eigenvalue weighted by Gasteiger charge is 2.29. The fourth-order valence-electron chi connectivity index (χ4n) is 2.15. The third kappa shape index (κ3) is 5.80. The maximum Gasteiger partial charge on any atom is 0.422 e. The van der Waals surface area contributed by atoms with Crippen molar-refractivity contribution >= 4 is 24.0 Å². The van der Waals surface area contributed by atoms with Crippen molar-refractivity contribution in [1.82, 2.24) is 5.32 Å². The summed E-state index contributed by atoms with van der Waals surface area (Å²) in [5, 5.41) is 5.75. The molecule has 0 bridgehead atoms. The molecule has 1 aliphatic rings. The van der Waals surface area contributed by atoms with Crippen LogP contribution in [-0.2, 0) is 4.79 Å². The van der Waals surface area contributed by atoms with Crippen molar-refractivity contribution in [1.29, 1.82) is 0 Å². The Hall–Kier alpha value is -1.67. The van der Waals surface area contributed by atoms with Crippen molar-refractivity contribution in [3.63, 3.8) is 0 Å². The molecule has 1 heterocycles. The molecule has 5 nitrogen and oxygen atoms in total. The van der Waals surface area contributed by atoms with E-state index in [1.807, 2.05) is 0 Å². The summed E-state index contributed by atoms with van der Waals surface area (Å²) >= 11 is 0. The highest BCUT2D eigenvalue weighted by Crippen LogP contribution is 2.32. The number of nitrogens with one attached hydrogen (secondary N) is 2. The van der Waals surface area contributed by atoms with Crippen molar-refractivity contribution in [3.05, 3.63) is 18.2 Å². The lowest BCUT2D eigenvalue weighted by atomic mass is 10.1. The number of carbonyl (C=O) groups excluding carboxylic acids is 1. The molecule has 0 radical (unpaired) electrons. The van der Waals surface area contributed by atoms with Crippen molar-refractivity contribution in [2.45, 2.75) is 12.6 Å². The first kappa shape index (κ1) is 19.4. The maximum absolute atomic E-state index is 12.2. The largest absolute Gasteiger partial charge is 0.493 e. The lowest BCUT2D eigenvalue weighted by Crippen LogP contribution is -2.24. The number of ether oxygens (including phenoxy) is 2. The zero-order valence-electron chi connectivity index (χ0n) is 12.4. The van der Waals surface area contributed by atoms with Crippen LogP contribution in [0.1, 0.15) is 6.42 Å². The van der Waals surface area contributed by atoms with E-state index in [0.29, 0.717) is 12.2 Å². The number of methoxy groups -OCH3 is 1. The van der Waals surface area contributed by atoms with Gasteiger partial charge >= 0.3 is 6.18 Å². The van der Waals surface area contributed by atoms with E-state index in [9.17, 15) is 18.0 Å². The molecular weight excluding hydrogens is 337 g/mol. The van der Waals surface area contributed by atoms with E-state index < -0.39 is 12.8 Å². The van der Waals surface area contributed by atoms with E-state index in [1.54, 1.807) is 6.07 Å². The molecule has 0 saturated carbocycles. The van der Waals surface area contributed by atoms with E-state index >= 15 is 0 Å². The molecule has 9 heteroatoms. The van der Waals surface area contributed by atoms with Gasteiger partial charge in [0.2, 0.25) is 5.91 Å². The van der Waals surface area contributed by atoms with Gasteiger partial charge in [-0.25, -0.2) is 0 Å². The van der Waals surface area contributed by atoms with Crippen LogP contribution in [0.2, 0.25) is 0 Å². The first-order valence-corrected chi connectivity index (χ1v) is 6.78. The summed E-state index contributed by atoms with van der Waals surface area (Å²) in [4.78, 5) is 12.0. The van der Waals surface area contributed by atoms with Gasteiger partial charge in [-0.05, 0) is 25.1 Å². The number of amides is 1. The van der Waals surface area contributed by atoms with E-state index in [-0.39, 0.29) is 35.7 Å². The second-order valence-corrected chi connectivity index (χ2v) is 4.95. The maximum atomic E-state index is 12.2. The molecule has 1 aromatic carbocycles. The van der Waals surface area contributed by atoms with Crippen LogP contribution < -0.4 is 20.1 Å². The average molecular weight is 355 g/mol. The van der Waals surface area contributed by atoms with Crippen molar-refractivity contribution < 1.29 is 27.4 Å². The molecule has 0 spiro atoms. The van der Waals surface area contributed by atoms with Crippen molar-refractivity contribution in [2.75, 3.05) is 32.1 Å². The van der Waals surface area contributed by atoms with E-state index in [2.05, 4.69) is 10.6 Å². The summed E-state index contributed by atoms with van der Waals surface area (Å²) in [7, 11) is 1.33. The number of hydrogen-bond donors (Lipinski definition) is 2. The molecule has 1 aromatic rings. The standard InChI is InChI=1S/C14H17F3N2O3.ClH/c1-21-11-3-2-10(6-12(11)22-8-14(15,16)17)19-13(20)9-4-5-18-7-9;/h2-3,6,9,18H,4-5,7-8H2,1H3,(H,19,20);1H. The molecule has 1 amide bonds. The van der Waals surface area contributed by atoms with E-state index in [4.69, 9.17) is 9.47 Å². The zero-order chi connectivity index (χ0) is 16.2. The normalized spacial score (nSPS) is 17.3. The summed E-state index contributed by atoms with van der Waals surface area (Å²) in [6.07, 6.45) is -3.71. The molecule has 2 rings (SSSR count). The number of benzene rings is 1. The minimum atomic E-state index is -4.44. The predicted octanol–water partition coefficient (Wildman–Crippen LogP) is 2.61. The lowest BCUT2D eigenvalue weighted by Gasteiger charge is -2.15. The van der Waals surface area contributed by atoms with Gasteiger partial charge in [0, 0.05) is 18.3 Å². The third-order valence-corrected chi connectivity index (χ3v) is 3.25. The Morgan fingerprint density at radius 3 is 2.70 bits per heavy atom. The van der Waals surface area contributed by atoms with Crippen LogP contribution >= 0.6 is 12.4 Å². The number of alkyl halides is 3. The van der Waals surface area contributed by atoms with Gasteiger partial charge in [-0.3, -0.25) is 4.79 Å². The first-order chi connectivity index (χ1) is 10.4. The number of carbonyl (C=O) groups is 1. The van der Waals surface area contributed by atoms with Crippen molar-refractivity contribution in [3.8, 4) is 11.5 Å². The predicted molar refractivity (Wildman–Crippen MR) is 81.4 cm³/mol. The molecule has 0 aromatic heterocycles. The average Bonchev–Trinajstić information content (AvgIpc) is 2.99. The second-order valence-electron chi connectivity index (χ2n) is 4.95. The summed E-state index contributed by atoms with van der Waals surface area (Å²) in [5.41, 5.74) is 0.370. The monoisotopic (exact) mass is 354 g/mol. The minimum absolute atomic E-state index is 0. The Bertz CT molecular complexity index is 534. The van der Waals surface area contributed by atoms with Crippen molar-refractivity contribution in [2.24, 2.45) is 5.92 Å². The van der Waals surface area contributed by atoms with Gasteiger partial charge in [0.15, 0.2) is 18.1 Å². The van der Waals surface area contributed by atoms with Gasteiger partial charge in [0.25, 0.3) is 0 Å². The van der Waals surface area contributed by atoms with Crippen LogP contribution in [0.4, 0.5) is 18.9 Å². The van der Waals surface area contributed by atoms with E-state index in [0.717, 1.165) is 13.0 Å². The molecule has 0 aliphatic carbocycles. The molecule has 1 unspecified atom stereocenters. The van der Waals surface area contributed by atoms with E-state index in [1.165, 1.54) is 19.2 Å². The summed E-state index contributed by atoms with van der Waals surface area (Å²) < 4.78 is 46.4. The molecule has 1 aliphatic heterocycles. The molecule has 1 saturated heterocycles. The summed E-state index contributed by atoms with van der Waals surface area (Å²) in [6.45, 7) is -0.0482. The third-order valence-electron chi connectivity index (χ3n) is 3.25. The van der Waals surface area contributed by atoms with Gasteiger partial charge in [-0.1, -0.05) is 0 Å². The van der Waals surface area contributed by atoms with Gasteiger partial charge in [-0.15, -0.1) is 12.4 Å². The summed E-state index contributed by atoms with van der Waals surface area (Å²) in [5.74, 6) is -0.203. The smallest absolute Gasteiger partial charge is 0.422 e. The van der Waals surface area contributed by atoms with Gasteiger partial charge < -0.3 is 20.1 Å². The molecular formula is C14H18ClF3N2O3. The molecule has 2 N–H and O–H groups in total. The highest BCUT2D eigenvalue weighted by molar-refractivity contribution is 5.93. The number of anilines is 1. The Balaban J connectivity index is 0.00000264. The topological polar surface area (TPSA) is 59.6 Å². The van der Waals surface area contributed by atoms with Crippen LogP contribution in [0.15, 0.2) is 18.2 Å². The minimum Gasteiger partial charge on any atom is -0.493 e. The Kier molecular flexibility index (Phi) is 6.96. The second kappa shape index (κ2) is 8.26. The van der Waals surface area contributed by atoms with Gasteiger partial charge in [0.05, 0.1) is 13.0 Å². The number of halogens is 4. The fourth-order valence-corrected chi connectivity index (χ4v) is 2.15. The molecule has 23 heavy (non-hydrogen) atoms. The lowest BCUT2D eigenvalue weighted by molar-refractivity contribution is -0.153. The fraction of sp³-hybridized carbons (Fsp3) is 0.500. The SMILES string of the molecule is COc1ccc(NC(=O)C2CCNC2)cc1OCC(F)(F)F.Cl.